The van der Waals surface area contributed by atoms with Gasteiger partial charge in [-0.25, -0.2) is 9.97 Å². The summed E-state index contributed by atoms with van der Waals surface area (Å²) in [7, 11) is 0. The molecule has 1 heterocycles. The van der Waals surface area contributed by atoms with E-state index < -0.39 is 11.9 Å². The summed E-state index contributed by atoms with van der Waals surface area (Å²) in [5.41, 5.74) is 7.56. The van der Waals surface area contributed by atoms with E-state index >= 15 is 0 Å². The highest BCUT2D eigenvalue weighted by atomic mass is 16.2. The molecule has 7 heteroatoms. The van der Waals surface area contributed by atoms with Crippen molar-refractivity contribution in [2.24, 2.45) is 11.7 Å². The fraction of sp³-hybridized carbons (Fsp3) is 0.360. The summed E-state index contributed by atoms with van der Waals surface area (Å²) in [5, 5.41) is 7.00. The second kappa shape index (κ2) is 11.2. The maximum absolute atomic E-state index is 12.2. The van der Waals surface area contributed by atoms with E-state index in [4.69, 9.17) is 5.73 Å². The number of anilines is 1. The third-order valence-electron chi connectivity index (χ3n) is 5.30. The molecule has 0 radical (unpaired) electrons. The van der Waals surface area contributed by atoms with Crippen molar-refractivity contribution in [3.8, 4) is 0 Å². The Kier molecular flexibility index (Phi) is 8.14. The van der Waals surface area contributed by atoms with Crippen LogP contribution < -0.4 is 16.4 Å². The van der Waals surface area contributed by atoms with Crippen LogP contribution in [0.2, 0.25) is 0 Å². The largest absolute Gasteiger partial charge is 0.368 e. The SMILES string of the molecule is CC(C)[C@H](Nc1nc(CCCC(=O)NCCc2ccccc2)nc2ccccc12)C(N)=O. The minimum atomic E-state index is -0.531. The number of nitrogens with one attached hydrogen (secondary N) is 2. The minimum Gasteiger partial charge on any atom is -0.368 e. The number of nitrogens with two attached hydrogens (primary N) is 1. The Balaban J connectivity index is 1.59. The summed E-state index contributed by atoms with van der Waals surface area (Å²) < 4.78 is 0. The van der Waals surface area contributed by atoms with E-state index in [-0.39, 0.29) is 11.8 Å². The van der Waals surface area contributed by atoms with Crippen LogP contribution in [-0.4, -0.2) is 34.4 Å². The fourth-order valence-corrected chi connectivity index (χ4v) is 3.55. The van der Waals surface area contributed by atoms with Crippen molar-refractivity contribution in [2.45, 2.75) is 45.6 Å². The van der Waals surface area contributed by atoms with Crippen LogP contribution in [0.5, 0.6) is 0 Å². The van der Waals surface area contributed by atoms with Gasteiger partial charge in [0.25, 0.3) is 0 Å². The van der Waals surface area contributed by atoms with Crippen molar-refractivity contribution >= 4 is 28.5 Å². The number of nitrogens with zero attached hydrogens (tertiary/aromatic N) is 2. The lowest BCUT2D eigenvalue weighted by atomic mass is 10.0. The summed E-state index contributed by atoms with van der Waals surface area (Å²) in [6, 6.07) is 17.2. The first-order valence-electron chi connectivity index (χ1n) is 11.1. The average Bonchev–Trinajstić information content (AvgIpc) is 2.77. The number of benzene rings is 2. The van der Waals surface area contributed by atoms with E-state index in [0.29, 0.717) is 37.4 Å². The molecule has 2 aromatic carbocycles. The normalized spacial score (nSPS) is 12.0. The van der Waals surface area contributed by atoms with Gasteiger partial charge in [-0.15, -0.1) is 0 Å². The Morgan fingerprint density at radius 2 is 1.69 bits per heavy atom. The number of para-hydroxylation sites is 1. The van der Waals surface area contributed by atoms with Crippen LogP contribution in [0.15, 0.2) is 54.6 Å². The van der Waals surface area contributed by atoms with E-state index in [1.165, 1.54) is 5.56 Å². The first-order chi connectivity index (χ1) is 15.4. The molecule has 32 heavy (non-hydrogen) atoms. The number of aryl methyl sites for hydroxylation is 1. The maximum Gasteiger partial charge on any atom is 0.240 e. The molecule has 0 aliphatic heterocycles. The third-order valence-corrected chi connectivity index (χ3v) is 5.30. The van der Waals surface area contributed by atoms with Crippen LogP contribution in [0, 0.1) is 5.92 Å². The topological polar surface area (TPSA) is 110 Å². The maximum atomic E-state index is 12.2. The van der Waals surface area contributed by atoms with Crippen LogP contribution in [0.3, 0.4) is 0 Å². The number of rotatable bonds is 11. The molecule has 0 saturated carbocycles. The molecule has 3 aromatic rings. The third kappa shape index (κ3) is 6.51. The molecule has 0 aliphatic rings. The minimum absolute atomic E-state index is 0.0178. The Hall–Kier alpha value is -3.48. The predicted molar refractivity (Wildman–Crippen MR) is 127 cm³/mol. The number of carbonyl (C=O) groups is 2. The van der Waals surface area contributed by atoms with Crippen LogP contribution in [-0.2, 0) is 22.4 Å². The molecule has 0 saturated heterocycles. The molecule has 4 N–H and O–H groups in total. The van der Waals surface area contributed by atoms with Gasteiger partial charge in [0.1, 0.15) is 17.7 Å². The van der Waals surface area contributed by atoms with Crippen LogP contribution >= 0.6 is 0 Å². The zero-order valence-electron chi connectivity index (χ0n) is 18.7. The van der Waals surface area contributed by atoms with Gasteiger partial charge >= 0.3 is 0 Å². The molecular weight excluding hydrogens is 402 g/mol. The Bertz CT molecular complexity index is 1050. The molecule has 0 fully saturated rings. The second-order valence-electron chi connectivity index (χ2n) is 8.21. The quantitative estimate of drug-likeness (QED) is 0.430. The highest BCUT2D eigenvalue weighted by molar-refractivity contribution is 5.92. The van der Waals surface area contributed by atoms with Crippen molar-refractivity contribution < 1.29 is 9.59 Å². The number of hydrogen-bond donors (Lipinski definition) is 3. The fourth-order valence-electron chi connectivity index (χ4n) is 3.55. The van der Waals surface area contributed by atoms with E-state index in [1.807, 2.05) is 56.3 Å². The number of primary amides is 1. The molecule has 0 aliphatic carbocycles. The molecule has 2 amide bonds. The summed E-state index contributed by atoms with van der Waals surface area (Å²) in [6.45, 7) is 4.49. The highest BCUT2D eigenvalue weighted by Crippen LogP contribution is 2.22. The molecule has 0 spiro atoms. The number of fused-ring (bicyclic) bond motifs is 1. The first-order valence-corrected chi connectivity index (χ1v) is 11.1. The second-order valence-corrected chi connectivity index (χ2v) is 8.21. The Labute approximate surface area is 188 Å². The number of aromatic nitrogens is 2. The molecule has 168 valence electrons. The van der Waals surface area contributed by atoms with E-state index in [9.17, 15) is 9.59 Å². The molecule has 0 bridgehead atoms. The molecule has 7 nitrogen and oxygen atoms in total. The van der Waals surface area contributed by atoms with Crippen LogP contribution in [0.25, 0.3) is 10.9 Å². The first kappa shape index (κ1) is 23.2. The standard InChI is InChI=1S/C25H31N5O2/c1-17(2)23(24(26)32)30-25-19-11-6-7-12-20(19)28-21(29-25)13-8-14-22(31)27-16-15-18-9-4-3-5-10-18/h3-7,9-12,17,23H,8,13-16H2,1-2H3,(H2,26,32)(H,27,31)(H,28,29,30)/t23-/m0/s1. The molecule has 0 unspecified atom stereocenters. The predicted octanol–water partition coefficient (Wildman–Crippen LogP) is 3.23. The lowest BCUT2D eigenvalue weighted by Crippen LogP contribution is -2.39. The zero-order chi connectivity index (χ0) is 22.9. The summed E-state index contributed by atoms with van der Waals surface area (Å²) >= 11 is 0. The average molecular weight is 434 g/mol. The van der Waals surface area contributed by atoms with E-state index in [1.54, 1.807) is 0 Å². The van der Waals surface area contributed by atoms with Gasteiger partial charge in [0.15, 0.2) is 0 Å². The molecular formula is C25H31N5O2. The lowest BCUT2D eigenvalue weighted by molar-refractivity contribution is -0.121. The van der Waals surface area contributed by atoms with Crippen molar-refractivity contribution in [3.05, 3.63) is 66.0 Å². The molecule has 1 atom stereocenters. The molecule has 1 aromatic heterocycles. The van der Waals surface area contributed by atoms with Gasteiger partial charge in [-0.05, 0) is 36.5 Å². The zero-order valence-corrected chi connectivity index (χ0v) is 18.7. The van der Waals surface area contributed by atoms with Gasteiger partial charge in [-0.1, -0.05) is 56.3 Å². The van der Waals surface area contributed by atoms with Crippen molar-refractivity contribution in [2.75, 3.05) is 11.9 Å². The monoisotopic (exact) mass is 433 g/mol. The van der Waals surface area contributed by atoms with Gasteiger partial charge < -0.3 is 16.4 Å². The smallest absolute Gasteiger partial charge is 0.240 e. The van der Waals surface area contributed by atoms with Gasteiger partial charge in [0, 0.05) is 24.8 Å². The Morgan fingerprint density at radius 3 is 2.41 bits per heavy atom. The number of carbonyl (C=O) groups excluding carboxylic acids is 2. The van der Waals surface area contributed by atoms with Gasteiger partial charge in [-0.3, -0.25) is 9.59 Å². The van der Waals surface area contributed by atoms with Crippen molar-refractivity contribution in [1.82, 2.24) is 15.3 Å². The highest BCUT2D eigenvalue weighted by Gasteiger charge is 2.21. The summed E-state index contributed by atoms with van der Waals surface area (Å²) in [4.78, 5) is 33.3. The molecule has 3 rings (SSSR count). The summed E-state index contributed by atoms with van der Waals surface area (Å²) in [6.07, 6.45) is 2.42. The van der Waals surface area contributed by atoms with E-state index in [0.717, 1.165) is 17.3 Å². The Morgan fingerprint density at radius 1 is 0.969 bits per heavy atom. The van der Waals surface area contributed by atoms with E-state index in [2.05, 4.69) is 32.7 Å². The van der Waals surface area contributed by atoms with Crippen LogP contribution in [0.1, 0.15) is 38.1 Å². The van der Waals surface area contributed by atoms with Gasteiger partial charge in [0.05, 0.1) is 5.52 Å². The lowest BCUT2D eigenvalue weighted by Gasteiger charge is -2.21. The van der Waals surface area contributed by atoms with Crippen LogP contribution in [0.4, 0.5) is 5.82 Å². The van der Waals surface area contributed by atoms with Gasteiger partial charge in [-0.2, -0.15) is 0 Å². The van der Waals surface area contributed by atoms with Crippen molar-refractivity contribution in [1.29, 1.82) is 0 Å². The summed E-state index contributed by atoms with van der Waals surface area (Å²) in [5.74, 6) is 0.847. The number of amides is 2. The van der Waals surface area contributed by atoms with Gasteiger partial charge in [0.2, 0.25) is 11.8 Å². The number of hydrogen-bond acceptors (Lipinski definition) is 5. The van der Waals surface area contributed by atoms with Crippen molar-refractivity contribution in [3.63, 3.8) is 0 Å².